The number of carbonyl (C=O) groups is 1. The molecule has 0 spiro atoms. The lowest BCUT2D eigenvalue weighted by atomic mass is 9.97. The number of carboxylic acids is 1. The van der Waals surface area contributed by atoms with Crippen LogP contribution in [0.2, 0.25) is 0 Å². The van der Waals surface area contributed by atoms with Gasteiger partial charge < -0.3 is 9.84 Å². The van der Waals surface area contributed by atoms with Gasteiger partial charge in [0.05, 0.1) is 18.4 Å². The molecule has 0 heterocycles. The molecule has 0 aromatic heterocycles. The van der Waals surface area contributed by atoms with Crippen LogP contribution in [0, 0.1) is 0 Å². The molecule has 0 saturated heterocycles. The Kier molecular flexibility index (Phi) is 4.51. The molecule has 2 rings (SSSR count). The van der Waals surface area contributed by atoms with E-state index in [1.807, 2.05) is 0 Å². The Morgan fingerprint density at radius 3 is 2.27 bits per heavy atom. The average molecular weight is 320 g/mol. The molecule has 0 bridgehead atoms. The number of rotatable bonds is 5. The van der Waals surface area contributed by atoms with E-state index in [-0.39, 0.29) is 11.3 Å². The van der Waals surface area contributed by atoms with E-state index < -0.39 is 15.8 Å². The molecule has 2 aromatic rings. The molecular formula is C16H16O5S. The summed E-state index contributed by atoms with van der Waals surface area (Å²) in [5, 5.41) is 9.03. The molecule has 0 aliphatic heterocycles. The average Bonchev–Trinajstić information content (AvgIpc) is 2.46. The van der Waals surface area contributed by atoms with Crippen molar-refractivity contribution in [2.75, 3.05) is 13.4 Å². The third-order valence-electron chi connectivity index (χ3n) is 3.25. The largest absolute Gasteiger partial charge is 0.497 e. The maximum atomic E-state index is 11.5. The highest BCUT2D eigenvalue weighted by Crippen LogP contribution is 2.28. The lowest BCUT2D eigenvalue weighted by molar-refractivity contribution is -0.136. The van der Waals surface area contributed by atoms with Gasteiger partial charge in [-0.15, -0.1) is 0 Å². The van der Waals surface area contributed by atoms with E-state index in [4.69, 9.17) is 9.84 Å². The number of sulfone groups is 1. The van der Waals surface area contributed by atoms with Crippen molar-refractivity contribution in [3.05, 3.63) is 48.0 Å². The van der Waals surface area contributed by atoms with E-state index in [1.165, 1.54) is 19.2 Å². The SMILES string of the molecule is COc1ccc(-c2ccc(S(C)(=O)=O)cc2)c(CC(=O)O)c1. The van der Waals surface area contributed by atoms with Gasteiger partial charge in [-0.3, -0.25) is 4.79 Å². The second kappa shape index (κ2) is 6.19. The Labute approximate surface area is 129 Å². The zero-order valence-electron chi connectivity index (χ0n) is 12.2. The molecule has 0 fully saturated rings. The van der Waals surface area contributed by atoms with E-state index in [9.17, 15) is 13.2 Å². The second-order valence-electron chi connectivity index (χ2n) is 4.89. The van der Waals surface area contributed by atoms with Crippen LogP contribution in [0.3, 0.4) is 0 Å². The summed E-state index contributed by atoms with van der Waals surface area (Å²) in [6, 6.07) is 11.6. The lowest BCUT2D eigenvalue weighted by Crippen LogP contribution is -2.02. The van der Waals surface area contributed by atoms with E-state index in [1.54, 1.807) is 30.3 Å². The summed E-state index contributed by atoms with van der Waals surface area (Å²) in [4.78, 5) is 11.2. The van der Waals surface area contributed by atoms with Gasteiger partial charge in [-0.05, 0) is 41.0 Å². The quantitative estimate of drug-likeness (QED) is 0.915. The van der Waals surface area contributed by atoms with Crippen LogP contribution in [0.5, 0.6) is 5.75 Å². The van der Waals surface area contributed by atoms with Gasteiger partial charge in [0.1, 0.15) is 5.75 Å². The number of aliphatic carboxylic acids is 1. The summed E-state index contributed by atoms with van der Waals surface area (Å²) in [7, 11) is -1.74. The van der Waals surface area contributed by atoms with Crippen LogP contribution in [0.25, 0.3) is 11.1 Å². The summed E-state index contributed by atoms with van der Waals surface area (Å²) < 4.78 is 28.1. The lowest BCUT2D eigenvalue weighted by Gasteiger charge is -2.11. The molecule has 116 valence electrons. The molecule has 0 amide bonds. The number of hydrogen-bond acceptors (Lipinski definition) is 4. The van der Waals surface area contributed by atoms with E-state index in [0.29, 0.717) is 11.3 Å². The van der Waals surface area contributed by atoms with Gasteiger partial charge in [-0.1, -0.05) is 18.2 Å². The molecule has 22 heavy (non-hydrogen) atoms. The van der Waals surface area contributed by atoms with Gasteiger partial charge in [0.2, 0.25) is 0 Å². The van der Waals surface area contributed by atoms with Gasteiger partial charge in [-0.25, -0.2) is 8.42 Å². The highest BCUT2D eigenvalue weighted by molar-refractivity contribution is 7.90. The Morgan fingerprint density at radius 1 is 1.14 bits per heavy atom. The fourth-order valence-corrected chi connectivity index (χ4v) is 2.80. The van der Waals surface area contributed by atoms with Crippen molar-refractivity contribution in [2.45, 2.75) is 11.3 Å². The maximum absolute atomic E-state index is 11.5. The maximum Gasteiger partial charge on any atom is 0.307 e. The number of benzene rings is 2. The molecule has 0 saturated carbocycles. The molecule has 6 heteroatoms. The molecule has 0 aliphatic rings. The van der Waals surface area contributed by atoms with E-state index in [0.717, 1.165) is 17.4 Å². The Morgan fingerprint density at radius 2 is 1.77 bits per heavy atom. The summed E-state index contributed by atoms with van der Waals surface area (Å²) in [5.74, 6) is -0.366. The first kappa shape index (κ1) is 16.0. The molecule has 0 unspecified atom stereocenters. The van der Waals surface area contributed by atoms with Crippen LogP contribution >= 0.6 is 0 Å². The first-order chi connectivity index (χ1) is 10.3. The van der Waals surface area contributed by atoms with Crippen molar-refractivity contribution in [2.24, 2.45) is 0 Å². The third kappa shape index (κ3) is 3.65. The minimum atomic E-state index is -3.26. The van der Waals surface area contributed by atoms with Crippen LogP contribution in [0.15, 0.2) is 47.4 Å². The number of methoxy groups -OCH3 is 1. The van der Waals surface area contributed by atoms with Crippen molar-refractivity contribution in [1.29, 1.82) is 0 Å². The van der Waals surface area contributed by atoms with Crippen LogP contribution in [-0.2, 0) is 21.1 Å². The molecule has 0 radical (unpaired) electrons. The fourth-order valence-electron chi connectivity index (χ4n) is 2.17. The fraction of sp³-hybridized carbons (Fsp3) is 0.188. The van der Waals surface area contributed by atoms with Crippen molar-refractivity contribution >= 4 is 15.8 Å². The number of carboxylic acid groups (broad SMARTS) is 1. The topological polar surface area (TPSA) is 80.7 Å². The summed E-state index contributed by atoms with van der Waals surface area (Å²) in [6.07, 6.45) is 1.01. The predicted molar refractivity (Wildman–Crippen MR) is 82.9 cm³/mol. The smallest absolute Gasteiger partial charge is 0.307 e. The van der Waals surface area contributed by atoms with Gasteiger partial charge in [-0.2, -0.15) is 0 Å². The Bertz CT molecular complexity index is 792. The van der Waals surface area contributed by atoms with Crippen LogP contribution in [0.1, 0.15) is 5.56 Å². The summed E-state index contributed by atoms with van der Waals surface area (Å²) in [6.45, 7) is 0. The minimum absolute atomic E-state index is 0.139. The van der Waals surface area contributed by atoms with Gasteiger partial charge >= 0.3 is 5.97 Å². The normalized spacial score (nSPS) is 11.2. The van der Waals surface area contributed by atoms with Crippen LogP contribution in [0.4, 0.5) is 0 Å². The zero-order chi connectivity index (χ0) is 16.3. The van der Waals surface area contributed by atoms with Crippen molar-refractivity contribution in [1.82, 2.24) is 0 Å². The Balaban J connectivity index is 2.49. The van der Waals surface area contributed by atoms with Crippen molar-refractivity contribution in [3.63, 3.8) is 0 Å². The third-order valence-corrected chi connectivity index (χ3v) is 4.38. The predicted octanol–water partition coefficient (Wildman–Crippen LogP) is 2.39. The minimum Gasteiger partial charge on any atom is -0.497 e. The molecule has 2 aromatic carbocycles. The number of hydrogen-bond donors (Lipinski definition) is 1. The Hall–Kier alpha value is -2.34. The number of ether oxygens (including phenoxy) is 1. The standard InChI is InChI=1S/C16H16O5S/c1-21-13-5-8-15(12(9-13)10-16(17)18)11-3-6-14(7-4-11)22(2,19)20/h3-9H,10H2,1-2H3,(H,17,18). The van der Waals surface area contributed by atoms with E-state index in [2.05, 4.69) is 0 Å². The van der Waals surface area contributed by atoms with Crippen molar-refractivity contribution < 1.29 is 23.1 Å². The van der Waals surface area contributed by atoms with Crippen molar-refractivity contribution in [3.8, 4) is 16.9 Å². The van der Waals surface area contributed by atoms with Gasteiger partial charge in [0.15, 0.2) is 9.84 Å². The highest BCUT2D eigenvalue weighted by atomic mass is 32.2. The van der Waals surface area contributed by atoms with Gasteiger partial charge in [0, 0.05) is 6.26 Å². The highest BCUT2D eigenvalue weighted by Gasteiger charge is 2.12. The summed E-state index contributed by atoms with van der Waals surface area (Å²) in [5.41, 5.74) is 2.11. The monoisotopic (exact) mass is 320 g/mol. The first-order valence-electron chi connectivity index (χ1n) is 6.50. The second-order valence-corrected chi connectivity index (χ2v) is 6.91. The molecule has 0 aliphatic carbocycles. The molecule has 1 N–H and O–H groups in total. The van der Waals surface area contributed by atoms with Gasteiger partial charge in [0.25, 0.3) is 0 Å². The molecular weight excluding hydrogens is 304 g/mol. The zero-order valence-corrected chi connectivity index (χ0v) is 13.1. The summed E-state index contributed by atoms with van der Waals surface area (Å²) >= 11 is 0. The molecule has 0 atom stereocenters. The molecule has 5 nitrogen and oxygen atoms in total. The first-order valence-corrected chi connectivity index (χ1v) is 8.39. The van der Waals surface area contributed by atoms with Crippen LogP contribution in [-0.4, -0.2) is 32.9 Å². The van der Waals surface area contributed by atoms with Crippen LogP contribution < -0.4 is 4.74 Å². The van der Waals surface area contributed by atoms with E-state index >= 15 is 0 Å².